The summed E-state index contributed by atoms with van der Waals surface area (Å²) in [4.78, 5) is 25.5. The van der Waals surface area contributed by atoms with Gasteiger partial charge in [-0.3, -0.25) is 9.69 Å². The lowest BCUT2D eigenvalue weighted by Gasteiger charge is -2.35. The first-order valence-electron chi connectivity index (χ1n) is 9.66. The van der Waals surface area contributed by atoms with Gasteiger partial charge in [-0.2, -0.15) is 0 Å². The van der Waals surface area contributed by atoms with Crippen molar-refractivity contribution in [3.05, 3.63) is 59.7 Å². The van der Waals surface area contributed by atoms with E-state index >= 15 is 0 Å². The van der Waals surface area contributed by atoms with Crippen LogP contribution in [0.3, 0.4) is 0 Å². The highest BCUT2D eigenvalue weighted by Gasteiger charge is 2.36. The van der Waals surface area contributed by atoms with Crippen LogP contribution in [0.25, 0.3) is 11.1 Å². The first-order chi connectivity index (χ1) is 13.5. The zero-order valence-electron chi connectivity index (χ0n) is 15.7. The van der Waals surface area contributed by atoms with Gasteiger partial charge in [-0.05, 0) is 22.3 Å². The van der Waals surface area contributed by atoms with Crippen LogP contribution in [0.1, 0.15) is 29.9 Å². The van der Waals surface area contributed by atoms with Crippen molar-refractivity contribution in [1.29, 1.82) is 0 Å². The average molecular weight is 380 g/mol. The number of likely N-dealkylation sites (tertiary alicyclic amines) is 1. The molecule has 1 aliphatic heterocycles. The second-order valence-corrected chi connectivity index (χ2v) is 7.61. The molecular weight excluding hydrogens is 356 g/mol. The number of carbonyl (C=O) groups is 2. The lowest BCUT2D eigenvalue weighted by atomic mass is 9.97. The molecule has 6 heteroatoms. The molecule has 6 nitrogen and oxygen atoms in total. The minimum absolute atomic E-state index is 0.00919. The number of hydrogen-bond donors (Lipinski definition) is 1. The second kappa shape index (κ2) is 7.73. The summed E-state index contributed by atoms with van der Waals surface area (Å²) in [6.45, 7) is 0.489. The summed E-state index contributed by atoms with van der Waals surface area (Å²) < 4.78 is 5.72. The number of hydrogen-bond acceptors (Lipinski definition) is 5. The Hall–Kier alpha value is -2.70. The van der Waals surface area contributed by atoms with Crippen molar-refractivity contribution < 1.29 is 25.2 Å². The van der Waals surface area contributed by atoms with Gasteiger partial charge >= 0.3 is 5.97 Å². The summed E-state index contributed by atoms with van der Waals surface area (Å²) in [6, 6.07) is 15.9. The van der Waals surface area contributed by atoms with Gasteiger partial charge in [-0.15, -0.1) is 0 Å². The largest absolute Gasteiger partial charge is 0.549 e. The van der Waals surface area contributed by atoms with Crippen molar-refractivity contribution in [2.45, 2.75) is 30.8 Å². The van der Waals surface area contributed by atoms with Gasteiger partial charge in [0.05, 0.1) is 12.0 Å². The fraction of sp³-hybridized carbons (Fsp3) is 0.364. The Kier molecular flexibility index (Phi) is 5.15. The van der Waals surface area contributed by atoms with Crippen LogP contribution >= 0.6 is 0 Å². The van der Waals surface area contributed by atoms with Gasteiger partial charge in [-0.25, -0.2) is 0 Å². The number of carboxylic acid groups (broad SMARTS) is 1. The maximum atomic E-state index is 12.8. The molecule has 0 spiro atoms. The van der Waals surface area contributed by atoms with Crippen LogP contribution < -0.4 is 10.8 Å². The molecule has 2 atom stereocenters. The van der Waals surface area contributed by atoms with Gasteiger partial charge in [-0.1, -0.05) is 48.5 Å². The van der Waals surface area contributed by atoms with E-state index in [1.807, 2.05) is 24.3 Å². The summed E-state index contributed by atoms with van der Waals surface area (Å²) in [7, 11) is 0. The van der Waals surface area contributed by atoms with Crippen LogP contribution in [-0.2, 0) is 14.3 Å². The van der Waals surface area contributed by atoms with Crippen LogP contribution in [0.2, 0.25) is 0 Å². The molecule has 3 N–H and O–H groups in total. The Morgan fingerprint density at radius 1 is 1.07 bits per heavy atom. The van der Waals surface area contributed by atoms with E-state index in [2.05, 4.69) is 30.0 Å². The number of carboxylic acids is 1. The first-order valence-corrected chi connectivity index (χ1v) is 9.66. The quantitative estimate of drug-likeness (QED) is 0.746. The van der Waals surface area contributed by atoms with Gasteiger partial charge in [0.2, 0.25) is 0 Å². The Labute approximate surface area is 163 Å². The highest BCUT2D eigenvalue weighted by Crippen LogP contribution is 2.44. The predicted octanol–water partition coefficient (Wildman–Crippen LogP) is 0.167. The smallest absolute Gasteiger partial charge is 0.323 e. The lowest BCUT2D eigenvalue weighted by molar-refractivity contribution is -0.428. The fourth-order valence-electron chi connectivity index (χ4n) is 4.39. The molecule has 0 amide bonds. The van der Waals surface area contributed by atoms with Crippen LogP contribution in [0, 0.1) is 0 Å². The van der Waals surface area contributed by atoms with E-state index in [1.165, 1.54) is 11.1 Å². The summed E-state index contributed by atoms with van der Waals surface area (Å²) in [5.74, 6) is -1.57. The summed E-state index contributed by atoms with van der Waals surface area (Å²) in [5, 5.41) is 11.0. The van der Waals surface area contributed by atoms with Crippen molar-refractivity contribution in [1.82, 2.24) is 4.90 Å². The van der Waals surface area contributed by atoms with E-state index < -0.39 is 12.0 Å². The van der Waals surface area contributed by atoms with E-state index in [-0.39, 0.29) is 31.1 Å². The Morgan fingerprint density at radius 3 is 2.29 bits per heavy atom. The van der Waals surface area contributed by atoms with Crippen molar-refractivity contribution in [3.63, 3.8) is 0 Å². The van der Waals surface area contributed by atoms with E-state index in [0.29, 0.717) is 13.0 Å². The number of carbonyl (C=O) groups excluding carboxylic acids is 2. The molecule has 0 saturated carbocycles. The molecule has 2 aromatic rings. The normalized spacial score (nSPS) is 21.8. The standard InChI is InChI=1S/C22H24N2O4/c23-14-9-10-24(12-21(25)26)20(11-14)22(27)28-13-19-17-7-3-1-5-15(17)16-6-2-4-8-18(16)19/h1-8,14,19-20H,9-13,23H2,(H,25,26)/t14-,20+/m0/s1. The Morgan fingerprint density at radius 2 is 1.68 bits per heavy atom. The molecule has 0 aromatic heterocycles. The molecule has 146 valence electrons. The van der Waals surface area contributed by atoms with E-state index in [1.54, 1.807) is 4.90 Å². The molecule has 2 aromatic carbocycles. The van der Waals surface area contributed by atoms with E-state index in [9.17, 15) is 14.7 Å². The monoisotopic (exact) mass is 380 g/mol. The molecule has 1 heterocycles. The molecule has 2 aliphatic rings. The van der Waals surface area contributed by atoms with Crippen LogP contribution in [-0.4, -0.2) is 48.6 Å². The molecule has 28 heavy (non-hydrogen) atoms. The maximum absolute atomic E-state index is 12.8. The zero-order valence-corrected chi connectivity index (χ0v) is 15.7. The molecule has 1 aliphatic carbocycles. The van der Waals surface area contributed by atoms with Crippen molar-refractivity contribution in [2.24, 2.45) is 0 Å². The highest BCUT2D eigenvalue weighted by molar-refractivity contribution is 5.80. The van der Waals surface area contributed by atoms with E-state index in [0.717, 1.165) is 17.5 Å². The summed E-state index contributed by atoms with van der Waals surface area (Å²) in [5.41, 5.74) is 8.70. The molecule has 1 fully saturated rings. The number of esters is 1. The van der Waals surface area contributed by atoms with Crippen LogP contribution in [0.15, 0.2) is 48.5 Å². The molecular formula is C22H24N2O4. The highest BCUT2D eigenvalue weighted by atomic mass is 16.5. The molecule has 0 radical (unpaired) electrons. The summed E-state index contributed by atoms with van der Waals surface area (Å²) in [6.07, 6.45) is 1.27. The van der Waals surface area contributed by atoms with Crippen molar-refractivity contribution in [2.75, 3.05) is 19.7 Å². The van der Waals surface area contributed by atoms with Crippen molar-refractivity contribution in [3.8, 4) is 11.1 Å². The third kappa shape index (κ3) is 3.53. The number of nitrogens with zero attached hydrogens (tertiary/aromatic N) is 1. The average Bonchev–Trinajstić information content (AvgIpc) is 3.01. The minimum atomic E-state index is -1.18. The summed E-state index contributed by atoms with van der Waals surface area (Å²) >= 11 is 0. The molecule has 0 bridgehead atoms. The fourth-order valence-corrected chi connectivity index (χ4v) is 4.39. The van der Waals surface area contributed by atoms with Crippen molar-refractivity contribution >= 4 is 11.9 Å². The number of piperidine rings is 1. The number of ether oxygens (including phenoxy) is 1. The number of fused-ring (bicyclic) bond motifs is 3. The zero-order chi connectivity index (χ0) is 19.7. The maximum Gasteiger partial charge on any atom is 0.323 e. The number of aliphatic carboxylic acids is 1. The second-order valence-electron chi connectivity index (χ2n) is 7.61. The number of quaternary nitrogens is 1. The molecule has 1 saturated heterocycles. The number of benzene rings is 2. The molecule has 0 unspecified atom stereocenters. The number of rotatable bonds is 5. The Bertz CT molecular complexity index is 852. The van der Waals surface area contributed by atoms with Gasteiger partial charge in [0, 0.05) is 31.8 Å². The van der Waals surface area contributed by atoms with Crippen LogP contribution in [0.5, 0.6) is 0 Å². The minimum Gasteiger partial charge on any atom is -0.549 e. The third-order valence-corrected chi connectivity index (χ3v) is 5.78. The third-order valence-electron chi connectivity index (χ3n) is 5.78. The SMILES string of the molecule is [NH3+][C@H]1CCN(CC(=O)[O-])[C@@H](C(=O)OCC2c3ccccc3-c3ccccc32)C1. The Balaban J connectivity index is 1.51. The van der Waals surface area contributed by atoms with Crippen LogP contribution in [0.4, 0.5) is 0 Å². The van der Waals surface area contributed by atoms with E-state index in [4.69, 9.17) is 4.74 Å². The predicted molar refractivity (Wildman–Crippen MR) is 101 cm³/mol. The molecule has 4 rings (SSSR count). The van der Waals surface area contributed by atoms with Gasteiger partial charge in [0.1, 0.15) is 12.6 Å². The van der Waals surface area contributed by atoms with Gasteiger partial charge in [0.15, 0.2) is 0 Å². The van der Waals surface area contributed by atoms with Gasteiger partial charge < -0.3 is 20.4 Å². The first kappa shape index (κ1) is 18.7. The lowest BCUT2D eigenvalue weighted by Crippen LogP contribution is -2.67. The topological polar surface area (TPSA) is 97.3 Å². The van der Waals surface area contributed by atoms with Gasteiger partial charge in [0.25, 0.3) is 0 Å².